The molecule has 0 aliphatic carbocycles. The van der Waals surface area contributed by atoms with E-state index in [0.717, 1.165) is 4.68 Å². The molecule has 0 fully saturated rings. The molecule has 6 heteroatoms. The Morgan fingerprint density at radius 2 is 2.10 bits per heavy atom. The lowest BCUT2D eigenvalue weighted by Crippen LogP contribution is -2.19. The molecule has 0 amide bonds. The van der Waals surface area contributed by atoms with Crippen LogP contribution in [0, 0.1) is 5.82 Å². The number of aryl methyl sites for hydroxylation is 1. The van der Waals surface area contributed by atoms with Crippen molar-refractivity contribution in [1.29, 1.82) is 0 Å². The van der Waals surface area contributed by atoms with Gasteiger partial charge in [-0.15, -0.1) is 0 Å². The van der Waals surface area contributed by atoms with E-state index >= 15 is 0 Å². The van der Waals surface area contributed by atoms with E-state index in [1.54, 1.807) is 12.1 Å². The Balaban J connectivity index is 2.49. The van der Waals surface area contributed by atoms with Gasteiger partial charge in [-0.1, -0.05) is 19.1 Å². The molecule has 0 aliphatic heterocycles. The number of para-hydroxylation sites is 1. The van der Waals surface area contributed by atoms with Gasteiger partial charge in [0.15, 0.2) is 0 Å². The first-order chi connectivity index (χ1) is 9.54. The number of halogens is 1. The predicted octanol–water partition coefficient (Wildman–Crippen LogP) is 1.88. The summed E-state index contributed by atoms with van der Waals surface area (Å²) in [5.74, 6) is -1.48. The summed E-state index contributed by atoms with van der Waals surface area (Å²) in [5.41, 5.74) is 0.777. The van der Waals surface area contributed by atoms with Gasteiger partial charge in [0.05, 0.1) is 0 Å². The largest absolute Gasteiger partial charge is 0.481 e. The summed E-state index contributed by atoms with van der Waals surface area (Å²) >= 11 is 0. The molecular weight excluding hydrogens is 263 g/mol. The van der Waals surface area contributed by atoms with Crippen molar-refractivity contribution in [3.8, 4) is 5.69 Å². The van der Waals surface area contributed by atoms with Crippen LogP contribution in [0.1, 0.15) is 24.6 Å². The van der Waals surface area contributed by atoms with Gasteiger partial charge >= 0.3 is 5.97 Å². The van der Waals surface area contributed by atoms with E-state index in [2.05, 4.69) is 5.10 Å². The van der Waals surface area contributed by atoms with Crippen molar-refractivity contribution in [3.05, 3.63) is 51.7 Å². The zero-order valence-electron chi connectivity index (χ0n) is 11.0. The molecule has 1 heterocycles. The fourth-order valence-electron chi connectivity index (χ4n) is 2.10. The van der Waals surface area contributed by atoms with Crippen molar-refractivity contribution in [3.63, 3.8) is 0 Å². The molecule has 1 aromatic heterocycles. The van der Waals surface area contributed by atoms with E-state index in [9.17, 15) is 14.0 Å². The molecular formula is C14H15FN2O3. The second-order valence-corrected chi connectivity index (χ2v) is 4.41. The molecule has 0 spiro atoms. The van der Waals surface area contributed by atoms with Gasteiger partial charge in [-0.25, -0.2) is 9.07 Å². The van der Waals surface area contributed by atoms with E-state index < -0.39 is 17.3 Å². The minimum Gasteiger partial charge on any atom is -0.481 e. The fraction of sp³-hybridized carbons (Fsp3) is 0.286. The number of nitrogens with zero attached hydrogens (tertiary/aromatic N) is 1. The number of aromatic nitrogens is 2. The van der Waals surface area contributed by atoms with Crippen LogP contribution in [0.2, 0.25) is 0 Å². The highest BCUT2D eigenvalue weighted by molar-refractivity contribution is 5.67. The number of aliphatic carboxylic acids is 1. The molecule has 2 rings (SSSR count). The number of carboxylic acid groups (broad SMARTS) is 1. The van der Waals surface area contributed by atoms with E-state index in [1.807, 2.05) is 6.92 Å². The quantitative estimate of drug-likeness (QED) is 0.877. The number of hydrogen-bond acceptors (Lipinski definition) is 2. The van der Waals surface area contributed by atoms with Crippen LogP contribution in [0.15, 0.2) is 29.1 Å². The van der Waals surface area contributed by atoms with Crippen molar-refractivity contribution < 1.29 is 14.3 Å². The monoisotopic (exact) mass is 278 g/mol. The summed E-state index contributed by atoms with van der Waals surface area (Å²) < 4.78 is 14.9. The smallest absolute Gasteiger partial charge is 0.303 e. The number of nitrogens with one attached hydrogen (secondary N) is 1. The number of carbonyl (C=O) groups is 1. The second kappa shape index (κ2) is 5.73. The zero-order chi connectivity index (χ0) is 14.7. The lowest BCUT2D eigenvalue weighted by molar-refractivity contribution is -0.136. The molecule has 2 aromatic rings. The minimum absolute atomic E-state index is 0.128. The van der Waals surface area contributed by atoms with Crippen molar-refractivity contribution >= 4 is 5.97 Å². The number of hydrogen-bond donors (Lipinski definition) is 2. The van der Waals surface area contributed by atoms with E-state index in [4.69, 9.17) is 5.11 Å². The lowest BCUT2D eigenvalue weighted by Gasteiger charge is -2.02. The summed E-state index contributed by atoms with van der Waals surface area (Å²) in [7, 11) is 0. The molecule has 0 atom stereocenters. The third-order valence-electron chi connectivity index (χ3n) is 3.11. The van der Waals surface area contributed by atoms with E-state index in [-0.39, 0.29) is 18.5 Å². The third-order valence-corrected chi connectivity index (χ3v) is 3.11. The first-order valence-electron chi connectivity index (χ1n) is 6.34. The summed E-state index contributed by atoms with van der Waals surface area (Å²) in [6.07, 6.45) is 0.554. The lowest BCUT2D eigenvalue weighted by atomic mass is 10.1. The van der Waals surface area contributed by atoms with E-state index in [1.165, 1.54) is 12.1 Å². The van der Waals surface area contributed by atoms with Gasteiger partial charge in [-0.2, -0.15) is 0 Å². The van der Waals surface area contributed by atoms with Crippen LogP contribution in [-0.4, -0.2) is 20.9 Å². The third kappa shape index (κ3) is 2.64. The van der Waals surface area contributed by atoms with Crippen LogP contribution in [-0.2, 0) is 17.6 Å². The Hall–Kier alpha value is -2.37. The van der Waals surface area contributed by atoms with Gasteiger partial charge in [0.1, 0.15) is 11.5 Å². The first-order valence-corrected chi connectivity index (χ1v) is 6.34. The SMILES string of the molecule is CCc1[nH]n(-c2ccccc2F)c(=O)c1CCC(=O)O. The van der Waals surface area contributed by atoms with Crippen molar-refractivity contribution in [2.75, 3.05) is 0 Å². The minimum atomic E-state index is -0.968. The van der Waals surface area contributed by atoms with Gasteiger partial charge in [-0.3, -0.25) is 14.7 Å². The molecule has 106 valence electrons. The molecule has 2 N–H and O–H groups in total. The Morgan fingerprint density at radius 3 is 2.70 bits per heavy atom. The molecule has 0 unspecified atom stereocenters. The number of H-pyrrole nitrogens is 1. The van der Waals surface area contributed by atoms with Crippen molar-refractivity contribution in [1.82, 2.24) is 9.78 Å². The average Bonchev–Trinajstić information content (AvgIpc) is 2.73. The van der Waals surface area contributed by atoms with Crippen molar-refractivity contribution in [2.24, 2.45) is 0 Å². The molecule has 0 saturated carbocycles. The Labute approximate surface area is 114 Å². The molecule has 5 nitrogen and oxygen atoms in total. The fourth-order valence-corrected chi connectivity index (χ4v) is 2.10. The standard InChI is InChI=1S/C14H15FN2O3/c1-2-11-9(7-8-13(18)19)14(20)17(16-11)12-6-4-3-5-10(12)15/h3-6,16H,2,7-8H2,1H3,(H,18,19). The molecule has 0 aliphatic rings. The van der Waals surface area contributed by atoms with Crippen LogP contribution in [0.5, 0.6) is 0 Å². The number of benzene rings is 1. The number of aromatic amines is 1. The highest BCUT2D eigenvalue weighted by Gasteiger charge is 2.16. The maximum Gasteiger partial charge on any atom is 0.303 e. The normalized spacial score (nSPS) is 10.7. The summed E-state index contributed by atoms with van der Waals surface area (Å²) in [4.78, 5) is 22.9. The molecule has 0 radical (unpaired) electrons. The molecule has 0 saturated heterocycles. The molecule has 1 aromatic carbocycles. The zero-order valence-corrected chi connectivity index (χ0v) is 11.0. The maximum atomic E-state index is 13.7. The highest BCUT2D eigenvalue weighted by atomic mass is 19.1. The van der Waals surface area contributed by atoms with Gasteiger partial charge in [-0.05, 0) is 25.0 Å². The highest BCUT2D eigenvalue weighted by Crippen LogP contribution is 2.13. The Bertz CT molecular complexity index is 688. The summed E-state index contributed by atoms with van der Waals surface area (Å²) in [5, 5.41) is 11.6. The molecule has 20 heavy (non-hydrogen) atoms. The van der Waals surface area contributed by atoms with Gasteiger partial charge in [0, 0.05) is 17.7 Å². The maximum absolute atomic E-state index is 13.7. The van der Waals surface area contributed by atoms with Crippen molar-refractivity contribution in [2.45, 2.75) is 26.2 Å². The van der Waals surface area contributed by atoms with Gasteiger partial charge in [0.25, 0.3) is 5.56 Å². The van der Waals surface area contributed by atoms with Crippen LogP contribution in [0.4, 0.5) is 4.39 Å². The Kier molecular flexibility index (Phi) is 4.02. The summed E-state index contributed by atoms with van der Waals surface area (Å²) in [6.45, 7) is 1.85. The first kappa shape index (κ1) is 14.0. The molecule has 0 bridgehead atoms. The average molecular weight is 278 g/mol. The topological polar surface area (TPSA) is 75.1 Å². The van der Waals surface area contributed by atoms with E-state index in [0.29, 0.717) is 17.7 Å². The second-order valence-electron chi connectivity index (χ2n) is 4.41. The van der Waals surface area contributed by atoms with Crippen LogP contribution >= 0.6 is 0 Å². The Morgan fingerprint density at radius 1 is 1.40 bits per heavy atom. The number of rotatable bonds is 5. The summed E-state index contributed by atoms with van der Waals surface area (Å²) in [6, 6.07) is 5.94. The van der Waals surface area contributed by atoms with Gasteiger partial charge < -0.3 is 5.11 Å². The number of carboxylic acids is 1. The van der Waals surface area contributed by atoms with Crippen LogP contribution in [0.25, 0.3) is 5.69 Å². The van der Waals surface area contributed by atoms with Crippen LogP contribution < -0.4 is 5.56 Å². The van der Waals surface area contributed by atoms with Crippen LogP contribution in [0.3, 0.4) is 0 Å². The predicted molar refractivity (Wildman–Crippen MR) is 71.7 cm³/mol. The van der Waals surface area contributed by atoms with Gasteiger partial charge in [0.2, 0.25) is 0 Å².